The van der Waals surface area contributed by atoms with Crippen LogP contribution < -0.4 is 19.5 Å². The lowest BCUT2D eigenvalue weighted by Gasteiger charge is -2.11. The zero-order chi connectivity index (χ0) is 18.5. The Balaban J connectivity index is 1.64. The van der Waals surface area contributed by atoms with Gasteiger partial charge in [-0.1, -0.05) is 0 Å². The summed E-state index contributed by atoms with van der Waals surface area (Å²) in [4.78, 5) is 12.4. The van der Waals surface area contributed by atoms with Crippen molar-refractivity contribution in [2.45, 2.75) is 6.54 Å². The van der Waals surface area contributed by atoms with E-state index in [2.05, 4.69) is 9.88 Å². The van der Waals surface area contributed by atoms with Crippen LogP contribution in [0.1, 0.15) is 10.4 Å². The van der Waals surface area contributed by atoms with Crippen LogP contribution >= 0.6 is 0 Å². The van der Waals surface area contributed by atoms with E-state index in [4.69, 9.17) is 14.2 Å². The van der Waals surface area contributed by atoms with E-state index < -0.39 is 0 Å². The second-order valence-electron chi connectivity index (χ2n) is 5.76. The molecule has 0 unspecified atom stereocenters. The Morgan fingerprint density at radius 2 is 1.77 bits per heavy atom. The van der Waals surface area contributed by atoms with Crippen molar-refractivity contribution in [1.82, 2.24) is 9.88 Å². The van der Waals surface area contributed by atoms with Gasteiger partial charge in [0, 0.05) is 35.8 Å². The van der Waals surface area contributed by atoms with Crippen LogP contribution in [0.15, 0.2) is 48.7 Å². The van der Waals surface area contributed by atoms with Crippen LogP contribution in [0.3, 0.4) is 0 Å². The maximum absolute atomic E-state index is 12.4. The van der Waals surface area contributed by atoms with Crippen LogP contribution in [-0.2, 0) is 6.54 Å². The fourth-order valence-electron chi connectivity index (χ4n) is 2.87. The molecule has 0 aliphatic carbocycles. The molecule has 3 aromatic rings. The predicted molar refractivity (Wildman–Crippen MR) is 100 cm³/mol. The van der Waals surface area contributed by atoms with Crippen molar-refractivity contribution >= 4 is 16.8 Å². The van der Waals surface area contributed by atoms with Gasteiger partial charge in [-0.2, -0.15) is 0 Å². The molecule has 0 radical (unpaired) electrons. The first-order valence-corrected chi connectivity index (χ1v) is 8.29. The van der Waals surface area contributed by atoms with E-state index in [-0.39, 0.29) is 5.91 Å². The Kier molecular flexibility index (Phi) is 5.31. The smallest absolute Gasteiger partial charge is 0.251 e. The number of carbonyl (C=O) groups is 1. The van der Waals surface area contributed by atoms with E-state index in [0.29, 0.717) is 30.2 Å². The summed E-state index contributed by atoms with van der Waals surface area (Å²) >= 11 is 0. The Hall–Kier alpha value is -3.15. The molecule has 1 aromatic heterocycles. The molecule has 0 spiro atoms. The molecule has 136 valence electrons. The molecule has 0 aliphatic heterocycles. The van der Waals surface area contributed by atoms with Crippen molar-refractivity contribution in [1.29, 1.82) is 0 Å². The Bertz CT molecular complexity index is 917. The maximum Gasteiger partial charge on any atom is 0.251 e. The SMILES string of the molecule is COc1ccc2c(ccn2CCNC(=O)c2ccc(OC)c(OC)c2)c1. The number of nitrogens with zero attached hydrogens (tertiary/aromatic N) is 1. The molecule has 2 aromatic carbocycles. The summed E-state index contributed by atoms with van der Waals surface area (Å²) in [5, 5.41) is 4.04. The molecule has 3 rings (SSSR count). The highest BCUT2D eigenvalue weighted by Gasteiger charge is 2.10. The lowest BCUT2D eigenvalue weighted by Crippen LogP contribution is -2.27. The lowest BCUT2D eigenvalue weighted by molar-refractivity contribution is 0.0952. The summed E-state index contributed by atoms with van der Waals surface area (Å²) in [6.07, 6.45) is 2.01. The van der Waals surface area contributed by atoms with E-state index in [1.807, 2.05) is 30.5 Å². The normalized spacial score (nSPS) is 10.6. The van der Waals surface area contributed by atoms with E-state index in [0.717, 1.165) is 16.7 Å². The van der Waals surface area contributed by atoms with Gasteiger partial charge >= 0.3 is 0 Å². The number of methoxy groups -OCH3 is 3. The third-order valence-electron chi connectivity index (χ3n) is 4.26. The van der Waals surface area contributed by atoms with Crippen molar-refractivity contribution in [2.24, 2.45) is 0 Å². The molecular formula is C20H22N2O4. The number of benzene rings is 2. The highest BCUT2D eigenvalue weighted by Crippen LogP contribution is 2.27. The average molecular weight is 354 g/mol. The van der Waals surface area contributed by atoms with Crippen LogP contribution in [-0.4, -0.2) is 38.3 Å². The number of hydrogen-bond donors (Lipinski definition) is 1. The zero-order valence-electron chi connectivity index (χ0n) is 15.1. The molecular weight excluding hydrogens is 332 g/mol. The second kappa shape index (κ2) is 7.82. The predicted octanol–water partition coefficient (Wildman–Crippen LogP) is 3.10. The van der Waals surface area contributed by atoms with Crippen LogP contribution in [0, 0.1) is 0 Å². The quantitative estimate of drug-likeness (QED) is 0.708. The minimum absolute atomic E-state index is 0.149. The van der Waals surface area contributed by atoms with Gasteiger partial charge < -0.3 is 24.1 Å². The fourth-order valence-corrected chi connectivity index (χ4v) is 2.87. The van der Waals surface area contributed by atoms with Gasteiger partial charge in [0.2, 0.25) is 0 Å². The number of fused-ring (bicyclic) bond motifs is 1. The number of ether oxygens (including phenoxy) is 3. The third-order valence-corrected chi connectivity index (χ3v) is 4.26. The van der Waals surface area contributed by atoms with Crippen molar-refractivity contribution in [3.05, 3.63) is 54.2 Å². The Morgan fingerprint density at radius 3 is 2.50 bits per heavy atom. The summed E-state index contributed by atoms with van der Waals surface area (Å²) in [6, 6.07) is 13.1. The Morgan fingerprint density at radius 1 is 0.962 bits per heavy atom. The van der Waals surface area contributed by atoms with Crippen molar-refractivity contribution in [3.8, 4) is 17.2 Å². The first kappa shape index (κ1) is 17.7. The van der Waals surface area contributed by atoms with Crippen molar-refractivity contribution < 1.29 is 19.0 Å². The molecule has 1 N–H and O–H groups in total. The van der Waals surface area contributed by atoms with Gasteiger partial charge in [-0.3, -0.25) is 4.79 Å². The minimum Gasteiger partial charge on any atom is -0.497 e. The fraction of sp³-hybridized carbons (Fsp3) is 0.250. The van der Waals surface area contributed by atoms with E-state index in [1.165, 1.54) is 0 Å². The number of hydrogen-bond acceptors (Lipinski definition) is 4. The molecule has 0 saturated heterocycles. The number of carbonyl (C=O) groups excluding carboxylic acids is 1. The van der Waals surface area contributed by atoms with E-state index in [9.17, 15) is 4.79 Å². The monoisotopic (exact) mass is 354 g/mol. The molecule has 0 saturated carbocycles. The number of aromatic nitrogens is 1. The number of rotatable bonds is 7. The zero-order valence-corrected chi connectivity index (χ0v) is 15.1. The topological polar surface area (TPSA) is 61.7 Å². The van der Waals surface area contributed by atoms with Crippen LogP contribution in [0.25, 0.3) is 10.9 Å². The van der Waals surface area contributed by atoms with Crippen molar-refractivity contribution in [2.75, 3.05) is 27.9 Å². The third kappa shape index (κ3) is 3.59. The molecule has 0 atom stereocenters. The highest BCUT2D eigenvalue weighted by molar-refractivity contribution is 5.94. The lowest BCUT2D eigenvalue weighted by atomic mass is 10.2. The summed E-state index contributed by atoms with van der Waals surface area (Å²) in [5.41, 5.74) is 1.64. The molecule has 0 aliphatic rings. The summed E-state index contributed by atoms with van der Waals surface area (Å²) in [7, 11) is 4.77. The van der Waals surface area contributed by atoms with Crippen LogP contribution in [0.2, 0.25) is 0 Å². The van der Waals surface area contributed by atoms with Crippen LogP contribution in [0.4, 0.5) is 0 Å². The van der Waals surface area contributed by atoms with E-state index in [1.54, 1.807) is 39.5 Å². The standard InChI is InChI=1S/C20H22N2O4/c1-24-16-5-6-17-14(12-16)8-10-22(17)11-9-21-20(23)15-4-7-18(25-2)19(13-15)26-3/h4-8,10,12-13H,9,11H2,1-3H3,(H,21,23). The molecule has 0 fully saturated rings. The highest BCUT2D eigenvalue weighted by atomic mass is 16.5. The van der Waals surface area contributed by atoms with Gasteiger partial charge in [-0.05, 0) is 42.5 Å². The number of nitrogens with one attached hydrogen (secondary N) is 1. The van der Waals surface area contributed by atoms with Gasteiger partial charge in [-0.15, -0.1) is 0 Å². The van der Waals surface area contributed by atoms with Crippen molar-refractivity contribution in [3.63, 3.8) is 0 Å². The largest absolute Gasteiger partial charge is 0.497 e. The Labute approximate surface area is 152 Å². The summed E-state index contributed by atoms with van der Waals surface area (Å²) in [5.74, 6) is 1.81. The van der Waals surface area contributed by atoms with Gasteiger partial charge in [0.1, 0.15) is 5.75 Å². The van der Waals surface area contributed by atoms with Gasteiger partial charge in [0.05, 0.1) is 21.3 Å². The molecule has 0 bridgehead atoms. The summed E-state index contributed by atoms with van der Waals surface area (Å²) < 4.78 is 17.8. The van der Waals surface area contributed by atoms with E-state index >= 15 is 0 Å². The average Bonchev–Trinajstić information content (AvgIpc) is 3.09. The van der Waals surface area contributed by atoms with Gasteiger partial charge in [0.25, 0.3) is 5.91 Å². The molecule has 1 amide bonds. The molecule has 6 nitrogen and oxygen atoms in total. The maximum atomic E-state index is 12.4. The number of amides is 1. The van der Waals surface area contributed by atoms with Gasteiger partial charge in [-0.25, -0.2) is 0 Å². The van der Waals surface area contributed by atoms with Gasteiger partial charge in [0.15, 0.2) is 11.5 Å². The first-order chi connectivity index (χ1) is 12.7. The summed E-state index contributed by atoms with van der Waals surface area (Å²) in [6.45, 7) is 1.19. The second-order valence-corrected chi connectivity index (χ2v) is 5.76. The minimum atomic E-state index is -0.149. The first-order valence-electron chi connectivity index (χ1n) is 8.29. The van der Waals surface area contributed by atoms with Crippen LogP contribution in [0.5, 0.6) is 17.2 Å². The molecule has 6 heteroatoms. The molecule has 1 heterocycles. The molecule has 26 heavy (non-hydrogen) atoms.